The quantitative estimate of drug-likeness (QED) is 0.879. The smallest absolute Gasteiger partial charge is 0.217 e. The van der Waals surface area contributed by atoms with E-state index in [2.05, 4.69) is 0 Å². The van der Waals surface area contributed by atoms with Crippen molar-refractivity contribution in [2.75, 3.05) is 0 Å². The summed E-state index contributed by atoms with van der Waals surface area (Å²) in [7, 11) is -3.79. The van der Waals surface area contributed by atoms with Crippen molar-refractivity contribution >= 4 is 27.3 Å². The van der Waals surface area contributed by atoms with Gasteiger partial charge in [0.05, 0.1) is 4.90 Å². The molecule has 1 heterocycles. The van der Waals surface area contributed by atoms with Gasteiger partial charge in [-0.05, 0) is 60.2 Å². The monoisotopic (exact) mass is 319 g/mol. The molecule has 4 nitrogen and oxygen atoms in total. The van der Waals surface area contributed by atoms with Crippen molar-refractivity contribution in [3.63, 3.8) is 0 Å². The van der Waals surface area contributed by atoms with Crippen molar-refractivity contribution < 1.29 is 13.5 Å². The molecular formula is C15H13NO3S2. The Balaban J connectivity index is 2.55. The van der Waals surface area contributed by atoms with Crippen LogP contribution in [0.2, 0.25) is 0 Å². The molecule has 1 aromatic heterocycles. The lowest BCUT2D eigenvalue weighted by molar-refractivity contribution is 0.467. The standard InChI is InChI=1S/C15H13NO3S2/c1-10-5-12(6-11(2)15(10)17)7-14(8-16)21(18,19)13-3-4-20-9-13/h3-7,9,17H,1-2H3. The average Bonchev–Trinajstić information content (AvgIpc) is 2.96. The van der Waals surface area contributed by atoms with E-state index in [1.54, 1.807) is 37.4 Å². The largest absolute Gasteiger partial charge is 0.507 e. The van der Waals surface area contributed by atoms with Gasteiger partial charge in [-0.15, -0.1) is 0 Å². The Morgan fingerprint density at radius 3 is 2.43 bits per heavy atom. The van der Waals surface area contributed by atoms with Crippen LogP contribution >= 0.6 is 11.3 Å². The van der Waals surface area contributed by atoms with Gasteiger partial charge in [-0.2, -0.15) is 16.6 Å². The normalized spacial score (nSPS) is 12.1. The summed E-state index contributed by atoms with van der Waals surface area (Å²) in [5.41, 5.74) is 1.83. The summed E-state index contributed by atoms with van der Waals surface area (Å²) in [6.07, 6.45) is 1.33. The minimum Gasteiger partial charge on any atom is -0.507 e. The van der Waals surface area contributed by atoms with E-state index in [9.17, 15) is 18.8 Å². The maximum atomic E-state index is 12.3. The van der Waals surface area contributed by atoms with E-state index >= 15 is 0 Å². The molecule has 2 rings (SSSR count). The molecule has 0 fully saturated rings. The third-order valence-electron chi connectivity index (χ3n) is 3.02. The van der Waals surface area contributed by atoms with E-state index in [0.717, 1.165) is 0 Å². The first kappa shape index (κ1) is 15.3. The van der Waals surface area contributed by atoms with Crippen LogP contribution in [-0.2, 0) is 9.84 Å². The zero-order chi connectivity index (χ0) is 15.6. The molecule has 6 heteroatoms. The van der Waals surface area contributed by atoms with Crippen LogP contribution in [0.15, 0.2) is 38.8 Å². The topological polar surface area (TPSA) is 78.2 Å². The second-order valence-corrected chi connectivity index (χ2v) is 7.28. The summed E-state index contributed by atoms with van der Waals surface area (Å²) in [6.45, 7) is 3.44. The maximum Gasteiger partial charge on any atom is 0.217 e. The zero-order valence-electron chi connectivity index (χ0n) is 11.5. The number of allylic oxidation sites excluding steroid dienone is 1. The zero-order valence-corrected chi connectivity index (χ0v) is 13.1. The highest BCUT2D eigenvalue weighted by molar-refractivity contribution is 7.95. The molecule has 0 saturated heterocycles. The van der Waals surface area contributed by atoms with Crippen LogP contribution in [0, 0.1) is 25.2 Å². The van der Waals surface area contributed by atoms with Crippen LogP contribution in [-0.4, -0.2) is 13.5 Å². The number of nitriles is 1. The number of phenols is 1. The summed E-state index contributed by atoms with van der Waals surface area (Å²) < 4.78 is 24.7. The molecule has 1 aromatic carbocycles. The van der Waals surface area contributed by atoms with Gasteiger partial charge in [0.25, 0.3) is 0 Å². The Morgan fingerprint density at radius 2 is 1.95 bits per heavy atom. The molecule has 0 aliphatic rings. The molecule has 0 amide bonds. The maximum absolute atomic E-state index is 12.3. The first-order chi connectivity index (χ1) is 9.86. The van der Waals surface area contributed by atoms with Gasteiger partial charge in [0.15, 0.2) is 0 Å². The number of hydrogen-bond donors (Lipinski definition) is 1. The molecule has 2 aromatic rings. The lowest BCUT2D eigenvalue weighted by Crippen LogP contribution is -2.02. The van der Waals surface area contributed by atoms with E-state index in [1.807, 2.05) is 0 Å². The molecule has 0 atom stereocenters. The van der Waals surface area contributed by atoms with Crippen LogP contribution in [0.4, 0.5) is 0 Å². The molecule has 0 aliphatic heterocycles. The minimum absolute atomic E-state index is 0.118. The first-order valence-corrected chi connectivity index (χ1v) is 8.48. The van der Waals surface area contributed by atoms with Crippen LogP contribution in [0.3, 0.4) is 0 Å². The van der Waals surface area contributed by atoms with Gasteiger partial charge in [0, 0.05) is 5.38 Å². The summed E-state index contributed by atoms with van der Waals surface area (Å²) >= 11 is 1.26. The predicted molar refractivity (Wildman–Crippen MR) is 82.7 cm³/mol. The number of phenolic OH excluding ortho intramolecular Hbond substituents is 1. The van der Waals surface area contributed by atoms with Crippen molar-refractivity contribution in [3.05, 3.63) is 50.6 Å². The van der Waals surface area contributed by atoms with Crippen LogP contribution in [0.5, 0.6) is 5.75 Å². The fourth-order valence-corrected chi connectivity index (χ4v) is 4.11. The van der Waals surface area contributed by atoms with Crippen molar-refractivity contribution in [2.24, 2.45) is 0 Å². The van der Waals surface area contributed by atoms with Crippen LogP contribution < -0.4 is 0 Å². The van der Waals surface area contributed by atoms with E-state index in [1.165, 1.54) is 28.9 Å². The van der Waals surface area contributed by atoms with Crippen molar-refractivity contribution in [3.8, 4) is 11.8 Å². The number of aryl methyl sites for hydroxylation is 2. The van der Waals surface area contributed by atoms with Gasteiger partial charge >= 0.3 is 0 Å². The second kappa shape index (κ2) is 5.72. The highest BCUT2D eigenvalue weighted by Crippen LogP contribution is 2.27. The minimum atomic E-state index is -3.79. The highest BCUT2D eigenvalue weighted by Gasteiger charge is 2.21. The Labute approximate surface area is 127 Å². The molecule has 1 N–H and O–H groups in total. The molecule has 21 heavy (non-hydrogen) atoms. The first-order valence-electron chi connectivity index (χ1n) is 6.05. The lowest BCUT2D eigenvalue weighted by atomic mass is 10.1. The summed E-state index contributed by atoms with van der Waals surface area (Å²) in [5, 5.41) is 22.0. The number of rotatable bonds is 3. The predicted octanol–water partition coefficient (Wildman–Crippen LogP) is 3.41. The third kappa shape index (κ3) is 2.99. The summed E-state index contributed by atoms with van der Waals surface area (Å²) in [5.74, 6) is 0.173. The number of nitrogens with zero attached hydrogens (tertiary/aromatic N) is 1. The van der Waals surface area contributed by atoms with Gasteiger partial charge in [-0.3, -0.25) is 0 Å². The van der Waals surface area contributed by atoms with Crippen LogP contribution in [0.1, 0.15) is 16.7 Å². The average molecular weight is 319 g/mol. The Morgan fingerprint density at radius 1 is 1.33 bits per heavy atom. The number of hydrogen-bond acceptors (Lipinski definition) is 5. The molecule has 0 radical (unpaired) electrons. The molecule has 0 bridgehead atoms. The second-order valence-electron chi connectivity index (χ2n) is 4.59. The summed E-state index contributed by atoms with van der Waals surface area (Å²) in [6, 6.07) is 6.50. The highest BCUT2D eigenvalue weighted by atomic mass is 32.2. The van der Waals surface area contributed by atoms with Gasteiger partial charge in [0.1, 0.15) is 16.7 Å². The fourth-order valence-electron chi connectivity index (χ4n) is 1.93. The molecule has 0 aliphatic carbocycles. The fraction of sp³-hybridized carbons (Fsp3) is 0.133. The van der Waals surface area contributed by atoms with Gasteiger partial charge in [0.2, 0.25) is 9.84 Å². The van der Waals surface area contributed by atoms with E-state index < -0.39 is 9.84 Å². The van der Waals surface area contributed by atoms with Crippen molar-refractivity contribution in [1.82, 2.24) is 0 Å². The van der Waals surface area contributed by atoms with Crippen molar-refractivity contribution in [2.45, 2.75) is 18.7 Å². The Hall–Kier alpha value is -2.10. The number of aromatic hydroxyl groups is 1. The van der Waals surface area contributed by atoms with E-state index in [-0.39, 0.29) is 15.6 Å². The molecule has 0 saturated carbocycles. The molecule has 0 unspecified atom stereocenters. The van der Waals surface area contributed by atoms with Gasteiger partial charge < -0.3 is 5.11 Å². The summed E-state index contributed by atoms with van der Waals surface area (Å²) in [4.78, 5) is -0.196. The Bertz CT molecular complexity index is 819. The van der Waals surface area contributed by atoms with Gasteiger partial charge in [-0.25, -0.2) is 8.42 Å². The van der Waals surface area contributed by atoms with Crippen LogP contribution in [0.25, 0.3) is 6.08 Å². The number of thiophene rings is 1. The van der Waals surface area contributed by atoms with Gasteiger partial charge in [-0.1, -0.05) is 0 Å². The number of benzene rings is 1. The number of sulfone groups is 1. The van der Waals surface area contributed by atoms with E-state index in [0.29, 0.717) is 16.7 Å². The molecular weight excluding hydrogens is 306 g/mol. The Kier molecular flexibility index (Phi) is 4.16. The molecule has 0 spiro atoms. The third-order valence-corrected chi connectivity index (χ3v) is 5.51. The van der Waals surface area contributed by atoms with Crippen molar-refractivity contribution in [1.29, 1.82) is 5.26 Å². The van der Waals surface area contributed by atoms with E-state index in [4.69, 9.17) is 0 Å². The lowest BCUT2D eigenvalue weighted by Gasteiger charge is -2.06. The molecule has 108 valence electrons. The SMILES string of the molecule is Cc1cc(C=C(C#N)S(=O)(=O)c2ccsc2)cc(C)c1O.